The van der Waals surface area contributed by atoms with E-state index in [1.165, 1.54) is 27.5 Å². The molecule has 3 nitrogen and oxygen atoms in total. The van der Waals surface area contributed by atoms with Gasteiger partial charge in [0.15, 0.2) is 0 Å². The molecular weight excluding hydrogens is 508 g/mol. The number of methoxy groups -OCH3 is 1. The SMILES string of the molecule is COc1nc2ccc(Br)cc2cc1C(/C(=C/CN(C)C)c1cccc2ccccc12)c1ccccc1. The summed E-state index contributed by atoms with van der Waals surface area (Å²) in [7, 11) is 5.91. The van der Waals surface area contributed by atoms with Crippen molar-refractivity contribution in [1.82, 2.24) is 9.88 Å². The number of nitrogens with zero attached hydrogens (tertiary/aromatic N) is 2. The third-order valence-electron chi connectivity index (χ3n) is 6.49. The zero-order chi connectivity index (χ0) is 25.1. The highest BCUT2D eigenvalue weighted by molar-refractivity contribution is 9.10. The molecule has 0 bridgehead atoms. The first-order valence-electron chi connectivity index (χ1n) is 12.1. The maximum atomic E-state index is 5.92. The monoisotopic (exact) mass is 536 g/mol. The van der Waals surface area contributed by atoms with Crippen LogP contribution in [0.15, 0.2) is 108 Å². The van der Waals surface area contributed by atoms with E-state index in [9.17, 15) is 0 Å². The molecule has 0 radical (unpaired) electrons. The van der Waals surface area contributed by atoms with Gasteiger partial charge < -0.3 is 9.64 Å². The Balaban J connectivity index is 1.83. The number of hydrogen-bond donors (Lipinski definition) is 0. The van der Waals surface area contributed by atoms with Gasteiger partial charge in [0.05, 0.1) is 12.6 Å². The molecule has 180 valence electrons. The van der Waals surface area contributed by atoms with Crippen molar-refractivity contribution in [1.29, 1.82) is 0 Å². The van der Waals surface area contributed by atoms with Crippen molar-refractivity contribution in [2.45, 2.75) is 5.92 Å². The Morgan fingerprint density at radius 1 is 0.889 bits per heavy atom. The van der Waals surface area contributed by atoms with Crippen LogP contribution in [0.4, 0.5) is 0 Å². The van der Waals surface area contributed by atoms with E-state index in [0.717, 1.165) is 27.5 Å². The van der Waals surface area contributed by atoms with E-state index in [4.69, 9.17) is 9.72 Å². The highest BCUT2D eigenvalue weighted by Crippen LogP contribution is 2.44. The number of allylic oxidation sites excluding steroid dienone is 1. The molecule has 36 heavy (non-hydrogen) atoms. The number of likely N-dealkylation sites (N-methyl/N-ethyl adjacent to an activating group) is 1. The summed E-state index contributed by atoms with van der Waals surface area (Å²) in [6, 6.07) is 34.2. The number of benzene rings is 4. The van der Waals surface area contributed by atoms with Gasteiger partial charge in [0, 0.05) is 27.9 Å². The van der Waals surface area contributed by atoms with Gasteiger partial charge in [0.1, 0.15) is 0 Å². The van der Waals surface area contributed by atoms with E-state index in [-0.39, 0.29) is 5.92 Å². The highest BCUT2D eigenvalue weighted by Gasteiger charge is 2.26. The lowest BCUT2D eigenvalue weighted by atomic mass is 9.80. The first-order chi connectivity index (χ1) is 17.5. The molecule has 0 fully saturated rings. The summed E-state index contributed by atoms with van der Waals surface area (Å²) in [4.78, 5) is 7.13. The molecule has 0 aliphatic carbocycles. The first kappa shape index (κ1) is 24.2. The lowest BCUT2D eigenvalue weighted by Crippen LogP contribution is -2.14. The molecule has 0 aliphatic heterocycles. The fraction of sp³-hybridized carbons (Fsp3) is 0.156. The van der Waals surface area contributed by atoms with Crippen LogP contribution >= 0.6 is 15.9 Å². The summed E-state index contributed by atoms with van der Waals surface area (Å²) in [6.45, 7) is 0.816. The maximum Gasteiger partial charge on any atom is 0.217 e. The van der Waals surface area contributed by atoms with E-state index in [2.05, 4.69) is 126 Å². The summed E-state index contributed by atoms with van der Waals surface area (Å²) >= 11 is 3.63. The molecule has 0 saturated carbocycles. The van der Waals surface area contributed by atoms with Crippen LogP contribution in [0, 0.1) is 0 Å². The van der Waals surface area contributed by atoms with Crippen molar-refractivity contribution in [3.8, 4) is 5.88 Å². The maximum absolute atomic E-state index is 5.92. The highest BCUT2D eigenvalue weighted by atomic mass is 79.9. The minimum Gasteiger partial charge on any atom is -0.481 e. The largest absolute Gasteiger partial charge is 0.481 e. The second-order valence-corrected chi connectivity index (χ2v) is 10.1. The molecule has 1 atom stereocenters. The predicted molar refractivity (Wildman–Crippen MR) is 155 cm³/mol. The van der Waals surface area contributed by atoms with Crippen molar-refractivity contribution < 1.29 is 4.74 Å². The van der Waals surface area contributed by atoms with Crippen molar-refractivity contribution >= 4 is 43.2 Å². The van der Waals surface area contributed by atoms with Crippen molar-refractivity contribution in [3.63, 3.8) is 0 Å². The molecule has 0 spiro atoms. The molecule has 1 aromatic heterocycles. The smallest absolute Gasteiger partial charge is 0.217 e. The van der Waals surface area contributed by atoms with E-state index in [1.807, 2.05) is 12.1 Å². The number of hydrogen-bond acceptors (Lipinski definition) is 3. The standard InChI is InChI=1S/C32H29BrN2O/c1-35(2)19-18-28(27-15-9-13-22-10-7-8-14-26(22)27)31(23-11-5-4-6-12-23)29-21-24-20-25(33)16-17-30(24)34-32(29)36-3/h4-18,20-21,31H,19H2,1-3H3/b28-18+. The molecule has 1 heterocycles. The van der Waals surface area contributed by atoms with Crippen LogP contribution in [0.5, 0.6) is 5.88 Å². The van der Waals surface area contributed by atoms with E-state index in [1.54, 1.807) is 7.11 Å². The Bertz CT molecular complexity index is 1540. The third kappa shape index (κ3) is 4.92. The second kappa shape index (κ2) is 10.7. The lowest BCUT2D eigenvalue weighted by Gasteiger charge is -2.26. The molecule has 5 aromatic rings. The number of pyridine rings is 1. The molecule has 0 amide bonds. The van der Waals surface area contributed by atoms with Crippen LogP contribution < -0.4 is 4.74 Å². The first-order valence-corrected chi connectivity index (χ1v) is 12.9. The van der Waals surface area contributed by atoms with Gasteiger partial charge in [-0.3, -0.25) is 0 Å². The minimum atomic E-state index is -0.0669. The average Bonchev–Trinajstić information content (AvgIpc) is 2.90. The van der Waals surface area contributed by atoms with Gasteiger partial charge >= 0.3 is 0 Å². The Morgan fingerprint density at radius 3 is 2.42 bits per heavy atom. The Morgan fingerprint density at radius 2 is 1.64 bits per heavy atom. The normalized spacial score (nSPS) is 12.9. The van der Waals surface area contributed by atoms with Crippen LogP contribution in [0.2, 0.25) is 0 Å². The van der Waals surface area contributed by atoms with E-state index >= 15 is 0 Å². The summed E-state index contributed by atoms with van der Waals surface area (Å²) in [6.07, 6.45) is 2.35. The van der Waals surface area contributed by atoms with Crippen LogP contribution in [0.25, 0.3) is 27.2 Å². The second-order valence-electron chi connectivity index (χ2n) is 9.22. The van der Waals surface area contributed by atoms with Gasteiger partial charge in [-0.2, -0.15) is 0 Å². The number of ether oxygens (including phenoxy) is 1. The lowest BCUT2D eigenvalue weighted by molar-refractivity contribution is 0.394. The predicted octanol–water partition coefficient (Wildman–Crippen LogP) is 7.94. The topological polar surface area (TPSA) is 25.4 Å². The minimum absolute atomic E-state index is 0.0669. The van der Waals surface area contributed by atoms with Crippen LogP contribution in [0.3, 0.4) is 0 Å². The Hall–Kier alpha value is -3.47. The molecule has 0 aliphatic rings. The van der Waals surface area contributed by atoms with Crippen LogP contribution in [-0.4, -0.2) is 37.6 Å². The van der Waals surface area contributed by atoms with Gasteiger partial charge in [0.25, 0.3) is 0 Å². The zero-order valence-electron chi connectivity index (χ0n) is 20.8. The molecule has 4 heteroatoms. The van der Waals surface area contributed by atoms with Gasteiger partial charge in [-0.05, 0) is 65.8 Å². The van der Waals surface area contributed by atoms with E-state index in [0.29, 0.717) is 5.88 Å². The summed E-state index contributed by atoms with van der Waals surface area (Å²) in [5, 5.41) is 3.54. The summed E-state index contributed by atoms with van der Waals surface area (Å²) in [5.41, 5.74) is 5.62. The molecule has 0 N–H and O–H groups in total. The van der Waals surface area contributed by atoms with Gasteiger partial charge in [0.2, 0.25) is 5.88 Å². The zero-order valence-corrected chi connectivity index (χ0v) is 22.4. The molecule has 5 rings (SSSR count). The molecule has 1 unspecified atom stereocenters. The van der Waals surface area contributed by atoms with Gasteiger partial charge in [-0.1, -0.05) is 94.8 Å². The summed E-state index contributed by atoms with van der Waals surface area (Å²) < 4.78 is 6.95. The average molecular weight is 538 g/mol. The van der Waals surface area contributed by atoms with Crippen molar-refractivity contribution in [3.05, 3.63) is 124 Å². The number of fused-ring (bicyclic) bond motifs is 2. The van der Waals surface area contributed by atoms with Crippen molar-refractivity contribution in [2.75, 3.05) is 27.7 Å². The number of halogens is 1. The Labute approximate surface area is 221 Å². The Kier molecular flexibility index (Phi) is 7.17. The van der Waals surface area contributed by atoms with Crippen LogP contribution in [0.1, 0.15) is 22.6 Å². The fourth-order valence-corrected chi connectivity index (χ4v) is 5.21. The number of rotatable bonds is 7. The van der Waals surface area contributed by atoms with Crippen LogP contribution in [-0.2, 0) is 0 Å². The molecule has 0 saturated heterocycles. The van der Waals surface area contributed by atoms with Crippen molar-refractivity contribution in [2.24, 2.45) is 0 Å². The van der Waals surface area contributed by atoms with Gasteiger partial charge in [-0.25, -0.2) is 4.98 Å². The molecule has 4 aromatic carbocycles. The van der Waals surface area contributed by atoms with E-state index < -0.39 is 0 Å². The molecular formula is C32H29BrN2O. The summed E-state index contributed by atoms with van der Waals surface area (Å²) in [5.74, 6) is 0.581. The van der Waals surface area contributed by atoms with Gasteiger partial charge in [-0.15, -0.1) is 0 Å². The quantitative estimate of drug-likeness (QED) is 0.211. The fourth-order valence-electron chi connectivity index (χ4n) is 4.83. The third-order valence-corrected chi connectivity index (χ3v) is 6.99. The number of aromatic nitrogens is 1.